The highest BCUT2D eigenvalue weighted by molar-refractivity contribution is 7.79. The van der Waals surface area contributed by atoms with Crippen LogP contribution in [0.25, 0.3) is 0 Å². The van der Waals surface area contributed by atoms with E-state index in [2.05, 4.69) is 134 Å². The van der Waals surface area contributed by atoms with Gasteiger partial charge in [0.15, 0.2) is 0 Å². The molecule has 1 heterocycles. The Balaban J connectivity index is 1.67. The van der Waals surface area contributed by atoms with E-state index < -0.39 is 16.1 Å². The molecule has 0 aliphatic carbocycles. The van der Waals surface area contributed by atoms with Gasteiger partial charge in [-0.1, -0.05) is 134 Å². The second kappa shape index (κ2) is 12.5. The van der Waals surface area contributed by atoms with E-state index in [0.717, 1.165) is 6.54 Å². The summed E-state index contributed by atoms with van der Waals surface area (Å²) in [6.07, 6.45) is 4.99. The van der Waals surface area contributed by atoms with E-state index in [1.807, 2.05) is 0 Å². The molecular weight excluding hydrogens is 484 g/mol. The molecule has 4 aromatic carbocycles. The summed E-state index contributed by atoms with van der Waals surface area (Å²) >= 11 is 0. The Morgan fingerprint density at radius 3 is 1.49 bits per heavy atom. The molecule has 1 saturated heterocycles. The average Bonchev–Trinajstić information content (AvgIpc) is 3.38. The predicted octanol–water partition coefficient (Wildman–Crippen LogP) is 9.43. The topological polar surface area (TPSA) is 3.24 Å². The van der Waals surface area contributed by atoms with Gasteiger partial charge in [0, 0.05) is 25.9 Å². The van der Waals surface area contributed by atoms with Crippen LogP contribution in [0.2, 0.25) is 0 Å². The molecule has 0 unspecified atom stereocenters. The zero-order valence-corrected chi connectivity index (χ0v) is 24.2. The highest BCUT2D eigenvalue weighted by atomic mass is 31.2. The van der Waals surface area contributed by atoms with Crippen molar-refractivity contribution in [2.24, 2.45) is 0 Å². The monoisotopic (exact) mass is 523 g/mol. The summed E-state index contributed by atoms with van der Waals surface area (Å²) in [5, 5.41) is 2.96. The van der Waals surface area contributed by atoms with Gasteiger partial charge in [-0.2, -0.15) is 0 Å². The van der Waals surface area contributed by atoms with Crippen molar-refractivity contribution >= 4 is 26.8 Å². The third kappa shape index (κ3) is 6.07. The number of nitrogens with zero attached hydrogens (tertiary/aromatic N) is 1. The maximum Gasteiger partial charge on any atom is 0.0318 e. The summed E-state index contributed by atoms with van der Waals surface area (Å²) in [6.45, 7) is 7.89. The first kappa shape index (κ1) is 26.3. The molecule has 0 N–H and O–H groups in total. The van der Waals surface area contributed by atoms with Crippen molar-refractivity contribution < 1.29 is 0 Å². The van der Waals surface area contributed by atoms with Gasteiger partial charge in [-0.05, 0) is 62.9 Å². The van der Waals surface area contributed by atoms with Crippen LogP contribution in [0.3, 0.4) is 0 Å². The maximum absolute atomic E-state index is 3.02. The summed E-state index contributed by atoms with van der Waals surface area (Å²) < 4.78 is 3.02. The summed E-state index contributed by atoms with van der Waals surface area (Å²) in [7, 11) is -1.07. The Hall–Kier alpha value is -2.30. The molecule has 0 spiro atoms. The fourth-order valence-electron chi connectivity index (χ4n) is 5.51. The molecule has 0 saturated carbocycles. The number of aryl methyl sites for hydroxylation is 2. The lowest BCUT2D eigenvalue weighted by Crippen LogP contribution is -2.28. The molecule has 4 aromatic rings. The Morgan fingerprint density at radius 2 is 1.08 bits per heavy atom. The molecule has 0 radical (unpaired) electrons. The van der Waals surface area contributed by atoms with Crippen LogP contribution in [0.15, 0.2) is 109 Å². The minimum Gasteiger partial charge on any atom is -0.251 e. The van der Waals surface area contributed by atoms with Crippen LogP contribution in [0.5, 0.6) is 0 Å². The third-order valence-corrected chi connectivity index (χ3v) is 14.0. The van der Waals surface area contributed by atoms with Crippen molar-refractivity contribution in [3.05, 3.63) is 131 Å². The van der Waals surface area contributed by atoms with Crippen molar-refractivity contribution in [1.82, 2.24) is 4.44 Å². The Bertz CT molecular complexity index is 1150. The largest absolute Gasteiger partial charge is 0.251 e. The zero-order valence-electron chi connectivity index (χ0n) is 22.4. The van der Waals surface area contributed by atoms with Crippen molar-refractivity contribution in [3.8, 4) is 0 Å². The second-order valence-corrected chi connectivity index (χ2v) is 15.2. The number of rotatable bonds is 9. The van der Waals surface area contributed by atoms with E-state index in [1.165, 1.54) is 58.5 Å². The lowest BCUT2D eigenvalue weighted by atomic mass is 10.0. The van der Waals surface area contributed by atoms with Crippen LogP contribution in [0.4, 0.5) is 0 Å². The minimum absolute atomic E-state index is 0.439. The molecule has 190 valence electrons. The molecule has 0 aromatic heterocycles. The van der Waals surface area contributed by atoms with Crippen LogP contribution >= 0.6 is 16.1 Å². The summed E-state index contributed by atoms with van der Waals surface area (Å²) in [6, 6.07) is 41.6. The zero-order chi connectivity index (χ0) is 25.6. The SMILES string of the molecule is CCCCN(P(c1ccc(C)cc1)c1ccc(C)cc1)P1[C@@H](c2ccccc2)CC[C@@H]1c1ccccc1. The van der Waals surface area contributed by atoms with Crippen molar-refractivity contribution in [3.63, 3.8) is 0 Å². The molecular formula is C34H39NP2. The van der Waals surface area contributed by atoms with E-state index in [1.54, 1.807) is 0 Å². The van der Waals surface area contributed by atoms with Crippen LogP contribution in [0.1, 0.15) is 66.2 Å². The van der Waals surface area contributed by atoms with E-state index in [4.69, 9.17) is 0 Å². The maximum atomic E-state index is 3.02. The predicted molar refractivity (Wildman–Crippen MR) is 165 cm³/mol. The molecule has 5 rings (SSSR count). The Morgan fingerprint density at radius 1 is 0.649 bits per heavy atom. The normalized spacial score (nSPS) is 18.1. The molecule has 0 bridgehead atoms. The molecule has 1 aliphatic heterocycles. The van der Waals surface area contributed by atoms with E-state index >= 15 is 0 Å². The van der Waals surface area contributed by atoms with E-state index in [9.17, 15) is 0 Å². The first-order valence-electron chi connectivity index (χ1n) is 13.7. The molecule has 3 heteroatoms. The molecule has 1 nitrogen and oxygen atoms in total. The Labute approximate surface area is 226 Å². The second-order valence-electron chi connectivity index (χ2n) is 10.2. The van der Waals surface area contributed by atoms with Gasteiger partial charge in [-0.15, -0.1) is 0 Å². The number of hydrogen-bond donors (Lipinski definition) is 0. The van der Waals surface area contributed by atoms with Gasteiger partial charge < -0.3 is 0 Å². The summed E-state index contributed by atoms with van der Waals surface area (Å²) in [5.74, 6) is 0. The van der Waals surface area contributed by atoms with Gasteiger partial charge in [-0.3, -0.25) is 4.44 Å². The van der Waals surface area contributed by atoms with Crippen molar-refractivity contribution in [1.29, 1.82) is 0 Å². The first-order chi connectivity index (χ1) is 18.2. The van der Waals surface area contributed by atoms with Gasteiger partial charge in [0.05, 0.1) is 0 Å². The van der Waals surface area contributed by atoms with Crippen LogP contribution in [-0.2, 0) is 0 Å². The van der Waals surface area contributed by atoms with Gasteiger partial charge in [0.1, 0.15) is 0 Å². The van der Waals surface area contributed by atoms with Crippen molar-refractivity contribution in [2.75, 3.05) is 6.54 Å². The lowest BCUT2D eigenvalue weighted by Gasteiger charge is -2.42. The highest BCUT2D eigenvalue weighted by Gasteiger charge is 2.44. The fraction of sp³-hybridized carbons (Fsp3) is 0.294. The third-order valence-electron chi connectivity index (χ3n) is 7.49. The standard InChI is InChI=1S/C34H39NP2/c1-4-5-26-35(36(31-20-16-27(2)17-21-31)32-22-18-28(3)19-23-32)37-33(29-12-8-6-9-13-29)24-25-34(37)30-14-10-7-11-15-30/h6-23,33-34H,4-5,24-26H2,1-3H3/t33-,34-/m1/s1. The highest BCUT2D eigenvalue weighted by Crippen LogP contribution is 2.76. The average molecular weight is 524 g/mol. The summed E-state index contributed by atoms with van der Waals surface area (Å²) in [5.41, 5.74) is 6.91. The van der Waals surface area contributed by atoms with Gasteiger partial charge in [0.25, 0.3) is 0 Å². The van der Waals surface area contributed by atoms with Crippen molar-refractivity contribution in [2.45, 2.75) is 57.8 Å². The summed E-state index contributed by atoms with van der Waals surface area (Å²) in [4.78, 5) is 0. The number of benzene rings is 4. The molecule has 0 amide bonds. The van der Waals surface area contributed by atoms with Crippen LogP contribution in [-0.4, -0.2) is 11.0 Å². The molecule has 1 fully saturated rings. The van der Waals surface area contributed by atoms with Gasteiger partial charge >= 0.3 is 0 Å². The first-order valence-corrected chi connectivity index (χ1v) is 16.5. The van der Waals surface area contributed by atoms with Gasteiger partial charge in [-0.25, -0.2) is 0 Å². The minimum atomic E-state index is -0.634. The molecule has 2 atom stereocenters. The van der Waals surface area contributed by atoms with E-state index in [-0.39, 0.29) is 0 Å². The smallest absolute Gasteiger partial charge is 0.0318 e. The quantitative estimate of drug-likeness (QED) is 0.198. The van der Waals surface area contributed by atoms with E-state index in [0.29, 0.717) is 11.3 Å². The lowest BCUT2D eigenvalue weighted by molar-refractivity contribution is 0.632. The van der Waals surface area contributed by atoms with Gasteiger partial charge in [0.2, 0.25) is 0 Å². The fourth-order valence-corrected chi connectivity index (χ4v) is 13.0. The van der Waals surface area contributed by atoms with Crippen LogP contribution in [0, 0.1) is 13.8 Å². The Kier molecular flexibility index (Phi) is 8.89. The van der Waals surface area contributed by atoms with Crippen LogP contribution < -0.4 is 10.6 Å². The number of unbranched alkanes of at least 4 members (excludes halogenated alkanes) is 1. The molecule has 1 aliphatic rings. The number of hydrogen-bond acceptors (Lipinski definition) is 1. The molecule has 37 heavy (non-hydrogen) atoms.